The predicted molar refractivity (Wildman–Crippen MR) is 216 cm³/mol. The van der Waals surface area contributed by atoms with E-state index in [2.05, 4.69) is 24.3 Å². The summed E-state index contributed by atoms with van der Waals surface area (Å²) in [6, 6.07) is 12.9. The van der Waals surface area contributed by atoms with Gasteiger partial charge in [0.15, 0.2) is 0 Å². The number of likely N-dealkylation sites (tertiary alicyclic amines) is 2. The van der Waals surface area contributed by atoms with Crippen LogP contribution >= 0.6 is 23.2 Å². The van der Waals surface area contributed by atoms with Crippen molar-refractivity contribution in [1.82, 2.24) is 9.80 Å². The van der Waals surface area contributed by atoms with Crippen LogP contribution in [0.2, 0.25) is 10.0 Å². The van der Waals surface area contributed by atoms with Gasteiger partial charge in [-0.05, 0) is 154 Å². The van der Waals surface area contributed by atoms with Crippen LogP contribution in [0.3, 0.4) is 0 Å². The molecule has 2 fully saturated rings. The van der Waals surface area contributed by atoms with Gasteiger partial charge in [-0.25, -0.2) is 9.59 Å². The molecule has 2 aromatic carbocycles. The smallest absolute Gasteiger partial charge is 0.410 e. The third kappa shape index (κ3) is 8.80. The molecule has 4 aliphatic heterocycles. The molecule has 2 spiro atoms. The van der Waals surface area contributed by atoms with Crippen LogP contribution in [0, 0.1) is 47.3 Å². The Morgan fingerprint density at radius 2 is 0.946 bits per heavy atom. The van der Waals surface area contributed by atoms with Crippen molar-refractivity contribution in [3.63, 3.8) is 0 Å². The highest BCUT2D eigenvalue weighted by atomic mass is 35.5. The maximum atomic E-state index is 12.4. The summed E-state index contributed by atoms with van der Waals surface area (Å²) in [5.41, 5.74) is 2.73. The molecule has 0 N–H and O–H groups in total. The molecule has 6 rings (SSSR count). The van der Waals surface area contributed by atoms with Gasteiger partial charge in [0.2, 0.25) is 0 Å². The number of hydrogen-bond donors (Lipinski definition) is 0. The number of piperidine rings is 2. The van der Waals surface area contributed by atoms with Gasteiger partial charge < -0.3 is 28.7 Å². The Bertz CT molecular complexity index is 1790. The molecule has 0 bridgehead atoms. The highest BCUT2D eigenvalue weighted by Gasteiger charge is 2.53. The number of nitrogens with zero attached hydrogens (tertiary/aromatic N) is 4. The van der Waals surface area contributed by atoms with Crippen molar-refractivity contribution >= 4 is 35.4 Å². The Balaban J connectivity index is 0.000000214. The minimum Gasteiger partial charge on any atom is -0.444 e. The Morgan fingerprint density at radius 3 is 1.21 bits per heavy atom. The lowest BCUT2D eigenvalue weighted by molar-refractivity contribution is -0.133. The lowest BCUT2D eigenvalue weighted by Crippen LogP contribution is -2.47. The zero-order valence-electron chi connectivity index (χ0n) is 35.1. The van der Waals surface area contributed by atoms with Crippen LogP contribution in [0.15, 0.2) is 24.3 Å². The molecular weight excluding hydrogens is 751 g/mol. The summed E-state index contributed by atoms with van der Waals surface area (Å²) in [6.45, 7) is 24.9. The molecule has 0 aromatic heterocycles. The molecule has 10 nitrogen and oxygen atoms in total. The van der Waals surface area contributed by atoms with E-state index in [0.29, 0.717) is 61.9 Å². The van der Waals surface area contributed by atoms with Gasteiger partial charge in [0.05, 0.1) is 34.2 Å². The molecule has 4 aliphatic rings. The number of halogens is 2. The number of ether oxygens (including phenoxy) is 4. The first-order valence-corrected chi connectivity index (χ1v) is 20.3. The lowest BCUT2D eigenvalue weighted by atomic mass is 9.80. The van der Waals surface area contributed by atoms with Gasteiger partial charge >= 0.3 is 12.2 Å². The number of benzene rings is 2. The van der Waals surface area contributed by atoms with E-state index in [9.17, 15) is 20.1 Å². The summed E-state index contributed by atoms with van der Waals surface area (Å²) in [5.74, 6) is 0. The zero-order chi connectivity index (χ0) is 41.8. The molecule has 56 heavy (non-hydrogen) atoms. The Kier molecular flexibility index (Phi) is 11.9. The van der Waals surface area contributed by atoms with Gasteiger partial charge in [0, 0.05) is 36.2 Å². The summed E-state index contributed by atoms with van der Waals surface area (Å²) in [5, 5.41) is 20.8. The number of aryl methyl sites for hydroxylation is 2. The normalized spacial score (nSPS) is 21.4. The highest BCUT2D eigenvalue weighted by Crippen LogP contribution is 2.57. The van der Waals surface area contributed by atoms with E-state index >= 15 is 0 Å². The summed E-state index contributed by atoms with van der Waals surface area (Å²) in [7, 11) is 0. The minimum atomic E-state index is -0.666. The SMILES string of the molecule is Cc1cc2c(cc1Cl)C1(CCN(C(=O)OC(C)(C)C)CC1)O[C@@H]2C(C)(C)C#N.Cc1cc2c(cc1Cl)C1(CCN(C(=O)OC(C)(C)C)CC1)O[C@H]2C(C)(C)C#N. The molecule has 0 aliphatic carbocycles. The Labute approximate surface area is 343 Å². The van der Waals surface area contributed by atoms with Gasteiger partial charge in [0.1, 0.15) is 23.4 Å². The summed E-state index contributed by atoms with van der Waals surface area (Å²) in [4.78, 5) is 28.3. The minimum absolute atomic E-state index is 0.295. The van der Waals surface area contributed by atoms with Crippen LogP contribution < -0.4 is 0 Å². The highest BCUT2D eigenvalue weighted by molar-refractivity contribution is 6.31. The van der Waals surface area contributed by atoms with Crippen molar-refractivity contribution in [2.24, 2.45) is 10.8 Å². The number of carbonyl (C=O) groups is 2. The lowest BCUT2D eigenvalue weighted by Gasteiger charge is -2.40. The fourth-order valence-electron chi connectivity index (χ4n) is 8.05. The van der Waals surface area contributed by atoms with Crippen molar-refractivity contribution < 1.29 is 28.5 Å². The van der Waals surface area contributed by atoms with Crippen LogP contribution in [-0.4, -0.2) is 59.4 Å². The topological polar surface area (TPSA) is 125 Å². The van der Waals surface area contributed by atoms with Gasteiger partial charge in [0.25, 0.3) is 0 Å². The van der Waals surface area contributed by atoms with E-state index < -0.39 is 33.2 Å². The Hall–Kier alpha value is -3.54. The summed E-state index contributed by atoms with van der Waals surface area (Å²) >= 11 is 12.9. The second-order valence-corrected chi connectivity index (χ2v) is 19.8. The molecule has 2 atom stereocenters. The molecular formula is C44H58Cl2N4O6. The maximum absolute atomic E-state index is 12.4. The standard InChI is InChI=1S/2C22H29ClN2O3/c2*1-14-11-15-16(12-17(14)23)22(27-18(15)21(5,6)13-24)7-9-25(10-8-22)19(26)28-20(2,3)4/h2*11-12,18H,7-10H2,1-6H3/t2*18-/m10/s1. The van der Waals surface area contributed by atoms with E-state index in [-0.39, 0.29) is 24.4 Å². The monoisotopic (exact) mass is 808 g/mol. The summed E-state index contributed by atoms with van der Waals surface area (Å²) < 4.78 is 24.2. The number of amides is 2. The van der Waals surface area contributed by atoms with Crippen LogP contribution in [0.5, 0.6) is 0 Å². The van der Waals surface area contributed by atoms with E-state index in [1.165, 1.54) is 0 Å². The van der Waals surface area contributed by atoms with Crippen molar-refractivity contribution in [1.29, 1.82) is 10.5 Å². The fraction of sp³-hybridized carbons (Fsp3) is 0.636. The second kappa shape index (κ2) is 15.3. The van der Waals surface area contributed by atoms with Crippen LogP contribution in [-0.2, 0) is 30.1 Å². The van der Waals surface area contributed by atoms with Gasteiger partial charge in [-0.1, -0.05) is 35.3 Å². The number of fused-ring (bicyclic) bond motifs is 4. The van der Waals surface area contributed by atoms with Gasteiger partial charge in [-0.3, -0.25) is 0 Å². The van der Waals surface area contributed by atoms with E-state index in [1.54, 1.807) is 9.80 Å². The van der Waals surface area contributed by atoms with Crippen molar-refractivity contribution in [2.45, 2.75) is 143 Å². The van der Waals surface area contributed by atoms with Crippen molar-refractivity contribution in [3.05, 3.63) is 67.7 Å². The number of carbonyl (C=O) groups excluding carboxylic acids is 2. The first-order chi connectivity index (χ1) is 25.8. The molecule has 2 aromatic rings. The molecule has 2 saturated heterocycles. The van der Waals surface area contributed by atoms with E-state index in [4.69, 9.17) is 42.1 Å². The predicted octanol–water partition coefficient (Wildman–Crippen LogP) is 11.0. The van der Waals surface area contributed by atoms with Gasteiger partial charge in [-0.2, -0.15) is 10.5 Å². The van der Waals surface area contributed by atoms with Crippen LogP contribution in [0.1, 0.15) is 141 Å². The van der Waals surface area contributed by atoms with Crippen LogP contribution in [0.4, 0.5) is 9.59 Å². The molecule has 0 saturated carbocycles. The van der Waals surface area contributed by atoms with Crippen molar-refractivity contribution in [2.75, 3.05) is 26.2 Å². The first-order valence-electron chi connectivity index (χ1n) is 19.5. The van der Waals surface area contributed by atoms with E-state index in [1.807, 2.05) is 95.2 Å². The average Bonchev–Trinajstić information content (AvgIpc) is 3.56. The third-order valence-electron chi connectivity index (χ3n) is 11.2. The molecule has 12 heteroatoms. The van der Waals surface area contributed by atoms with Crippen molar-refractivity contribution in [3.8, 4) is 12.1 Å². The van der Waals surface area contributed by atoms with Gasteiger partial charge in [-0.15, -0.1) is 0 Å². The second-order valence-electron chi connectivity index (χ2n) is 19.0. The van der Waals surface area contributed by atoms with Crippen LogP contribution in [0.25, 0.3) is 0 Å². The van der Waals surface area contributed by atoms with E-state index in [0.717, 1.165) is 33.4 Å². The number of rotatable bonds is 2. The molecule has 0 unspecified atom stereocenters. The fourth-order valence-corrected chi connectivity index (χ4v) is 8.38. The third-order valence-corrected chi connectivity index (χ3v) is 12.0. The molecule has 304 valence electrons. The Morgan fingerprint density at radius 1 is 0.643 bits per heavy atom. The zero-order valence-corrected chi connectivity index (χ0v) is 36.6. The summed E-state index contributed by atoms with van der Waals surface area (Å²) in [6.07, 6.45) is 1.36. The molecule has 0 radical (unpaired) electrons. The number of hydrogen-bond acceptors (Lipinski definition) is 8. The number of nitriles is 2. The molecule has 2 amide bonds. The quantitative estimate of drug-likeness (QED) is 0.294. The molecule has 4 heterocycles. The first kappa shape index (κ1) is 43.6. The average molecular weight is 810 g/mol. The largest absolute Gasteiger partial charge is 0.444 e. The maximum Gasteiger partial charge on any atom is 0.410 e.